The van der Waals surface area contributed by atoms with Crippen molar-refractivity contribution < 1.29 is 0 Å². The molecule has 0 spiro atoms. The molecule has 3 aromatic rings. The highest BCUT2D eigenvalue weighted by atomic mass is 14.9. The van der Waals surface area contributed by atoms with Crippen LogP contribution < -0.4 is 0 Å². The average molecular weight is 286 g/mol. The highest BCUT2D eigenvalue weighted by Crippen LogP contribution is 2.24. The Morgan fingerprint density at radius 1 is 0.909 bits per heavy atom. The van der Waals surface area contributed by atoms with Gasteiger partial charge in [-0.2, -0.15) is 5.26 Å². The minimum absolute atomic E-state index is 0.551. The van der Waals surface area contributed by atoms with Crippen LogP contribution in [-0.2, 0) is 0 Å². The maximum atomic E-state index is 9.23. The molecule has 22 heavy (non-hydrogen) atoms. The van der Waals surface area contributed by atoms with Gasteiger partial charge in [-0.05, 0) is 44.2 Å². The maximum absolute atomic E-state index is 9.23. The van der Waals surface area contributed by atoms with Gasteiger partial charge in [-0.25, -0.2) is 9.97 Å². The molecule has 1 aromatic carbocycles. The van der Waals surface area contributed by atoms with Crippen LogP contribution in [0.25, 0.3) is 22.6 Å². The van der Waals surface area contributed by atoms with Gasteiger partial charge < -0.3 is 0 Å². The van der Waals surface area contributed by atoms with Crippen molar-refractivity contribution in [3.05, 3.63) is 65.6 Å². The summed E-state index contributed by atoms with van der Waals surface area (Å²) < 4.78 is 0. The Hall–Kier alpha value is -3.06. The molecular formula is C18H14N4. The van der Waals surface area contributed by atoms with Crippen molar-refractivity contribution in [3.8, 4) is 28.7 Å². The second-order valence-corrected chi connectivity index (χ2v) is 5.01. The molecule has 0 saturated carbocycles. The highest BCUT2D eigenvalue weighted by molar-refractivity contribution is 5.68. The minimum Gasteiger partial charge on any atom is -0.258 e. The van der Waals surface area contributed by atoms with Crippen LogP contribution in [0.1, 0.15) is 17.0 Å². The van der Waals surface area contributed by atoms with Crippen molar-refractivity contribution in [1.29, 1.82) is 5.26 Å². The first-order valence-corrected chi connectivity index (χ1v) is 6.96. The Bertz CT molecular complexity index is 878. The van der Waals surface area contributed by atoms with Gasteiger partial charge in [0.2, 0.25) is 0 Å². The molecule has 3 rings (SSSR count). The second-order valence-electron chi connectivity index (χ2n) is 5.01. The summed E-state index contributed by atoms with van der Waals surface area (Å²) in [5.74, 6) is 0.551. The van der Waals surface area contributed by atoms with Crippen LogP contribution >= 0.6 is 0 Å². The maximum Gasteiger partial charge on any atom is 0.161 e. The van der Waals surface area contributed by atoms with E-state index in [2.05, 4.69) is 21.0 Å². The summed E-state index contributed by atoms with van der Waals surface area (Å²) in [6, 6.07) is 15.4. The van der Waals surface area contributed by atoms with Crippen molar-refractivity contribution in [1.82, 2.24) is 15.0 Å². The number of aromatic nitrogens is 3. The molecular weight excluding hydrogens is 272 g/mol. The molecule has 4 nitrogen and oxygen atoms in total. The Morgan fingerprint density at radius 3 is 2.50 bits per heavy atom. The molecule has 0 unspecified atom stereocenters. The first kappa shape index (κ1) is 13.9. The standard InChI is InChI=1S/C18H14N4/c1-12-7-8-15(13(2)21-12)17-9-10-20-18(22-17)16-6-4-3-5-14(16)11-19/h3-10H,1-2H3. The zero-order valence-electron chi connectivity index (χ0n) is 12.4. The van der Waals surface area contributed by atoms with Crippen LogP contribution in [-0.4, -0.2) is 15.0 Å². The molecule has 0 N–H and O–H groups in total. The number of nitrogens with zero attached hydrogens (tertiary/aromatic N) is 4. The van der Waals surface area contributed by atoms with Gasteiger partial charge in [0.25, 0.3) is 0 Å². The molecule has 0 saturated heterocycles. The summed E-state index contributed by atoms with van der Waals surface area (Å²) in [4.78, 5) is 13.4. The monoisotopic (exact) mass is 286 g/mol. The van der Waals surface area contributed by atoms with Crippen molar-refractivity contribution in [2.45, 2.75) is 13.8 Å². The summed E-state index contributed by atoms with van der Waals surface area (Å²) in [6.07, 6.45) is 1.71. The van der Waals surface area contributed by atoms with Gasteiger partial charge in [0.1, 0.15) is 0 Å². The smallest absolute Gasteiger partial charge is 0.161 e. The number of benzene rings is 1. The fourth-order valence-corrected chi connectivity index (χ4v) is 2.37. The van der Waals surface area contributed by atoms with Gasteiger partial charge >= 0.3 is 0 Å². The number of nitriles is 1. The zero-order chi connectivity index (χ0) is 15.5. The van der Waals surface area contributed by atoms with E-state index >= 15 is 0 Å². The predicted molar refractivity (Wildman–Crippen MR) is 84.9 cm³/mol. The number of hydrogen-bond acceptors (Lipinski definition) is 4. The van der Waals surface area contributed by atoms with Gasteiger partial charge in [0, 0.05) is 28.7 Å². The molecule has 0 amide bonds. The molecule has 0 atom stereocenters. The van der Waals surface area contributed by atoms with E-state index in [1.807, 2.05) is 50.2 Å². The van der Waals surface area contributed by atoms with Crippen LogP contribution in [0.3, 0.4) is 0 Å². The topological polar surface area (TPSA) is 62.5 Å². The van der Waals surface area contributed by atoms with Crippen LogP contribution in [0, 0.1) is 25.2 Å². The SMILES string of the molecule is Cc1ccc(-c2ccnc(-c3ccccc3C#N)n2)c(C)n1. The van der Waals surface area contributed by atoms with Gasteiger partial charge in [0.05, 0.1) is 17.3 Å². The predicted octanol–water partition coefficient (Wildman–Crippen LogP) is 3.69. The van der Waals surface area contributed by atoms with Crippen LogP contribution in [0.2, 0.25) is 0 Å². The molecule has 106 valence electrons. The largest absolute Gasteiger partial charge is 0.258 e. The van der Waals surface area contributed by atoms with E-state index in [-0.39, 0.29) is 0 Å². The van der Waals surface area contributed by atoms with E-state index in [1.54, 1.807) is 12.3 Å². The normalized spacial score (nSPS) is 10.2. The fourth-order valence-electron chi connectivity index (χ4n) is 2.37. The molecule has 2 aromatic heterocycles. The van der Waals surface area contributed by atoms with E-state index in [0.717, 1.165) is 28.2 Å². The number of hydrogen-bond donors (Lipinski definition) is 0. The fraction of sp³-hybridized carbons (Fsp3) is 0.111. The van der Waals surface area contributed by atoms with Crippen molar-refractivity contribution in [2.75, 3.05) is 0 Å². The lowest BCUT2D eigenvalue weighted by Gasteiger charge is -2.08. The Kier molecular flexibility index (Phi) is 3.63. The zero-order valence-corrected chi connectivity index (χ0v) is 12.4. The van der Waals surface area contributed by atoms with Crippen molar-refractivity contribution in [3.63, 3.8) is 0 Å². The molecule has 4 heteroatoms. The van der Waals surface area contributed by atoms with E-state index in [9.17, 15) is 5.26 Å². The Balaban J connectivity index is 2.13. The van der Waals surface area contributed by atoms with Crippen LogP contribution in [0.5, 0.6) is 0 Å². The van der Waals surface area contributed by atoms with Gasteiger partial charge in [-0.1, -0.05) is 12.1 Å². The molecule has 0 fully saturated rings. The van der Waals surface area contributed by atoms with E-state index in [0.29, 0.717) is 11.4 Å². The first-order chi connectivity index (χ1) is 10.7. The van der Waals surface area contributed by atoms with Crippen molar-refractivity contribution >= 4 is 0 Å². The lowest BCUT2D eigenvalue weighted by molar-refractivity contribution is 1.11. The van der Waals surface area contributed by atoms with E-state index in [1.165, 1.54) is 0 Å². The lowest BCUT2D eigenvalue weighted by Crippen LogP contribution is -1.96. The molecule has 0 aliphatic rings. The molecule has 0 aliphatic carbocycles. The van der Waals surface area contributed by atoms with Crippen LogP contribution in [0.15, 0.2) is 48.7 Å². The number of rotatable bonds is 2. The number of aryl methyl sites for hydroxylation is 2. The van der Waals surface area contributed by atoms with Gasteiger partial charge in [-0.15, -0.1) is 0 Å². The summed E-state index contributed by atoms with van der Waals surface area (Å²) in [7, 11) is 0. The van der Waals surface area contributed by atoms with E-state index in [4.69, 9.17) is 0 Å². The third-order valence-electron chi connectivity index (χ3n) is 3.45. The van der Waals surface area contributed by atoms with Gasteiger partial charge in [0.15, 0.2) is 5.82 Å². The summed E-state index contributed by atoms with van der Waals surface area (Å²) in [5.41, 5.74) is 5.00. The summed E-state index contributed by atoms with van der Waals surface area (Å²) in [6.45, 7) is 3.93. The van der Waals surface area contributed by atoms with Crippen molar-refractivity contribution in [2.24, 2.45) is 0 Å². The quantitative estimate of drug-likeness (QED) is 0.720. The highest BCUT2D eigenvalue weighted by Gasteiger charge is 2.10. The summed E-state index contributed by atoms with van der Waals surface area (Å²) in [5, 5.41) is 9.23. The van der Waals surface area contributed by atoms with Crippen LogP contribution in [0.4, 0.5) is 0 Å². The molecule has 0 aliphatic heterocycles. The molecule has 2 heterocycles. The Labute approximate surface area is 129 Å². The number of pyridine rings is 1. The molecule has 0 radical (unpaired) electrons. The average Bonchev–Trinajstić information content (AvgIpc) is 2.55. The third kappa shape index (κ3) is 2.57. The minimum atomic E-state index is 0.551. The lowest BCUT2D eigenvalue weighted by atomic mass is 10.1. The van der Waals surface area contributed by atoms with E-state index < -0.39 is 0 Å². The molecule has 0 bridgehead atoms. The Morgan fingerprint density at radius 2 is 1.73 bits per heavy atom. The van der Waals surface area contributed by atoms with Gasteiger partial charge in [-0.3, -0.25) is 4.98 Å². The second kappa shape index (κ2) is 5.74. The summed E-state index contributed by atoms with van der Waals surface area (Å²) >= 11 is 0. The third-order valence-corrected chi connectivity index (χ3v) is 3.45. The first-order valence-electron chi connectivity index (χ1n) is 6.96.